The van der Waals surface area contributed by atoms with Crippen LogP contribution in [0.1, 0.15) is 63.6 Å². The number of aromatic nitrogens is 1. The second-order valence-electron chi connectivity index (χ2n) is 18.3. The highest BCUT2D eigenvalue weighted by Gasteiger charge is 2.36. The Kier molecular flexibility index (Phi) is 23.6. The molecular formula is C51H72N10O10S. The molecule has 0 aliphatic heterocycles. The maximum atomic E-state index is 14.7. The molecule has 0 radical (unpaired) electrons. The third-order valence-electron chi connectivity index (χ3n) is 12.1. The SMILES string of the molecule is CC(C)[C@H](NC(=O)[C@H](N)Cc1ccccc1)C(=O)N[C@@H](Cc1ccccc1)C(=O)N[C@H](Cc1c[nH]c2ccccc12)C(=O)N[C@@H](CCCCN)C(=O)N[C@H](C(=O)N[C@@H](CS)C(=O)N[C@H](CO)[C@@H](C)O)[C@@H](C)O. The lowest BCUT2D eigenvalue weighted by atomic mass is 9.99. The molecule has 0 fully saturated rings. The number of unbranched alkanes of at least 4 members (excludes halogenated alkanes) is 1. The number of aromatic amines is 1. The van der Waals surface area contributed by atoms with Gasteiger partial charge in [-0.2, -0.15) is 12.6 Å². The number of carbonyl (C=O) groups excluding carboxylic acids is 7. The highest BCUT2D eigenvalue weighted by molar-refractivity contribution is 7.80. The fourth-order valence-electron chi connectivity index (χ4n) is 7.83. The second-order valence-corrected chi connectivity index (χ2v) is 18.6. The molecule has 1 heterocycles. The molecule has 0 saturated heterocycles. The fraction of sp³-hybridized carbons (Fsp3) is 0.471. The molecular weight excluding hydrogens is 945 g/mol. The van der Waals surface area contributed by atoms with Crippen LogP contribution in [0.4, 0.5) is 0 Å². The molecule has 10 atom stereocenters. The average Bonchev–Trinajstić information content (AvgIpc) is 3.77. The van der Waals surface area contributed by atoms with Gasteiger partial charge in [0.2, 0.25) is 41.4 Å². The molecule has 0 bridgehead atoms. The summed E-state index contributed by atoms with van der Waals surface area (Å²) in [5.41, 5.74) is 15.0. The quantitative estimate of drug-likeness (QED) is 0.0239. The Morgan fingerprint density at radius 2 is 1.07 bits per heavy atom. The monoisotopic (exact) mass is 1020 g/mol. The number of thiol groups is 1. The summed E-state index contributed by atoms with van der Waals surface area (Å²) >= 11 is 4.16. The van der Waals surface area contributed by atoms with Crippen LogP contribution < -0.4 is 48.7 Å². The number of aliphatic hydroxyl groups excluding tert-OH is 3. The normalized spacial score (nSPS) is 15.5. The van der Waals surface area contributed by atoms with Gasteiger partial charge >= 0.3 is 0 Å². The van der Waals surface area contributed by atoms with Gasteiger partial charge in [-0.25, -0.2) is 0 Å². The molecule has 0 aliphatic carbocycles. The lowest BCUT2D eigenvalue weighted by Gasteiger charge is -2.29. The van der Waals surface area contributed by atoms with Crippen molar-refractivity contribution in [3.05, 3.63) is 108 Å². The summed E-state index contributed by atoms with van der Waals surface area (Å²) in [4.78, 5) is 101. The average molecular weight is 1020 g/mol. The van der Waals surface area contributed by atoms with Gasteiger partial charge < -0.3 is 69.0 Å². The van der Waals surface area contributed by atoms with Crippen LogP contribution in [0.3, 0.4) is 0 Å². The zero-order valence-corrected chi connectivity index (χ0v) is 42.1. The first-order chi connectivity index (χ1) is 34.4. The van der Waals surface area contributed by atoms with E-state index in [0.29, 0.717) is 24.0 Å². The molecule has 72 heavy (non-hydrogen) atoms. The van der Waals surface area contributed by atoms with Crippen molar-refractivity contribution in [3.63, 3.8) is 0 Å². The van der Waals surface area contributed by atoms with Gasteiger partial charge in [-0.3, -0.25) is 33.6 Å². The summed E-state index contributed by atoms with van der Waals surface area (Å²) in [6, 6.07) is 15.3. The lowest BCUT2D eigenvalue weighted by molar-refractivity contribution is -0.136. The predicted molar refractivity (Wildman–Crippen MR) is 276 cm³/mol. The molecule has 0 saturated carbocycles. The number of carbonyl (C=O) groups is 7. The Balaban J connectivity index is 1.63. The standard InChI is InChI=1S/C51H72N10O10S/c1-29(2)43(60-45(65)36(53)23-32-15-7-5-8-16-32)50(70)57-39(24-33-17-9-6-10-18-33)47(67)56-40(25-34-26-54-37-20-12-11-19-35(34)37)48(68)55-38(21-13-14-22-52)46(66)61-44(31(4)64)51(71)59-42(28-72)49(69)58-41(27-62)30(3)63/h5-12,15-20,26,29-31,36,38-44,54,62-64,72H,13-14,21-25,27-28,52-53H2,1-4H3,(H,55,68)(H,56,67)(H,57,70)(H,58,69)(H,59,71)(H,60,65)(H,61,66)/t30-,31-,36-,38+,39+,40-,41-,42+,43+,44+/m1/s1. The lowest BCUT2D eigenvalue weighted by Crippen LogP contribution is -2.62. The van der Waals surface area contributed by atoms with E-state index in [2.05, 4.69) is 54.8 Å². The van der Waals surface area contributed by atoms with E-state index >= 15 is 0 Å². The maximum Gasteiger partial charge on any atom is 0.245 e. The Morgan fingerprint density at radius 1 is 0.569 bits per heavy atom. The first kappa shape index (κ1) is 58.2. The first-order valence-electron chi connectivity index (χ1n) is 24.2. The number of hydrogen-bond acceptors (Lipinski definition) is 13. The second kappa shape index (κ2) is 29.2. The van der Waals surface area contributed by atoms with Crippen molar-refractivity contribution in [1.82, 2.24) is 42.2 Å². The van der Waals surface area contributed by atoms with Crippen LogP contribution in [-0.4, -0.2) is 141 Å². The molecule has 0 spiro atoms. The molecule has 3 aromatic carbocycles. The van der Waals surface area contributed by atoms with Crippen molar-refractivity contribution in [2.24, 2.45) is 17.4 Å². The number of nitrogens with one attached hydrogen (secondary N) is 8. The van der Waals surface area contributed by atoms with Gasteiger partial charge in [0.25, 0.3) is 0 Å². The van der Waals surface area contributed by atoms with E-state index in [9.17, 15) is 48.9 Å². The van der Waals surface area contributed by atoms with E-state index in [1.807, 2.05) is 54.6 Å². The van der Waals surface area contributed by atoms with Crippen LogP contribution in [0, 0.1) is 5.92 Å². The number of hydrogen-bond donors (Lipinski definition) is 14. The number of nitrogens with two attached hydrogens (primary N) is 2. The topological polar surface area (TPSA) is 332 Å². The zero-order chi connectivity index (χ0) is 52.9. The third-order valence-corrected chi connectivity index (χ3v) is 12.5. The van der Waals surface area contributed by atoms with Crippen molar-refractivity contribution in [1.29, 1.82) is 0 Å². The highest BCUT2D eigenvalue weighted by Crippen LogP contribution is 2.20. The fourth-order valence-corrected chi connectivity index (χ4v) is 8.09. The molecule has 0 aliphatic rings. The van der Waals surface area contributed by atoms with Gasteiger partial charge in [-0.15, -0.1) is 0 Å². The van der Waals surface area contributed by atoms with E-state index in [-0.39, 0.29) is 38.0 Å². The Morgan fingerprint density at radius 3 is 1.64 bits per heavy atom. The van der Waals surface area contributed by atoms with E-state index < -0.39 is 114 Å². The summed E-state index contributed by atoms with van der Waals surface area (Å²) in [5, 5.41) is 49.5. The number of fused-ring (bicyclic) bond motifs is 1. The Labute approximate surface area is 425 Å². The smallest absolute Gasteiger partial charge is 0.245 e. The molecule has 20 nitrogen and oxygen atoms in total. The zero-order valence-electron chi connectivity index (χ0n) is 41.2. The van der Waals surface area contributed by atoms with Crippen LogP contribution in [-0.2, 0) is 52.8 Å². The van der Waals surface area contributed by atoms with Crippen molar-refractivity contribution < 1.29 is 48.9 Å². The van der Waals surface area contributed by atoms with Crippen molar-refractivity contribution in [2.75, 3.05) is 18.9 Å². The van der Waals surface area contributed by atoms with E-state index in [0.717, 1.165) is 16.5 Å². The number of aliphatic hydroxyl groups is 3. The third kappa shape index (κ3) is 17.7. The van der Waals surface area contributed by atoms with Gasteiger partial charge in [0.1, 0.15) is 36.3 Å². The molecule has 4 aromatic rings. The molecule has 4 rings (SSSR count). The minimum absolute atomic E-state index is 0.0165. The van der Waals surface area contributed by atoms with Crippen LogP contribution in [0.2, 0.25) is 0 Å². The van der Waals surface area contributed by atoms with Gasteiger partial charge in [0.15, 0.2) is 0 Å². The Bertz CT molecular complexity index is 2390. The number of benzene rings is 3. The first-order valence-corrected chi connectivity index (χ1v) is 24.8. The van der Waals surface area contributed by atoms with Crippen molar-refractivity contribution in [3.8, 4) is 0 Å². The van der Waals surface area contributed by atoms with Crippen LogP contribution >= 0.6 is 12.6 Å². The summed E-state index contributed by atoms with van der Waals surface area (Å²) in [6.07, 6.45) is -0.0182. The Hall–Kier alpha value is -6.36. The largest absolute Gasteiger partial charge is 0.394 e. The summed E-state index contributed by atoms with van der Waals surface area (Å²) < 4.78 is 0. The van der Waals surface area contributed by atoms with E-state index in [4.69, 9.17) is 11.5 Å². The summed E-state index contributed by atoms with van der Waals surface area (Å²) in [5.74, 6) is -6.08. The maximum absolute atomic E-state index is 14.7. The highest BCUT2D eigenvalue weighted by atomic mass is 32.1. The van der Waals surface area contributed by atoms with Crippen molar-refractivity contribution in [2.45, 2.75) is 127 Å². The van der Waals surface area contributed by atoms with Gasteiger partial charge in [0.05, 0.1) is 30.9 Å². The van der Waals surface area contributed by atoms with E-state index in [1.54, 1.807) is 50.4 Å². The van der Waals surface area contributed by atoms with Crippen molar-refractivity contribution >= 4 is 64.9 Å². The van der Waals surface area contributed by atoms with Gasteiger partial charge in [-0.1, -0.05) is 92.7 Å². The van der Waals surface area contributed by atoms with E-state index in [1.165, 1.54) is 13.8 Å². The molecule has 392 valence electrons. The van der Waals surface area contributed by atoms with Gasteiger partial charge in [-0.05, 0) is 74.8 Å². The predicted octanol–water partition coefficient (Wildman–Crippen LogP) is -0.615. The van der Waals surface area contributed by atoms with Crippen LogP contribution in [0.5, 0.6) is 0 Å². The minimum Gasteiger partial charge on any atom is -0.394 e. The number of rotatable bonds is 29. The molecule has 21 heteroatoms. The molecule has 0 unspecified atom stereocenters. The minimum atomic E-state index is -1.64. The van der Waals surface area contributed by atoms with Gasteiger partial charge in [0, 0.05) is 35.7 Å². The number of amides is 7. The number of H-pyrrole nitrogens is 1. The summed E-state index contributed by atoms with van der Waals surface area (Å²) in [6.45, 7) is 5.75. The van der Waals surface area contributed by atoms with Crippen LogP contribution in [0.15, 0.2) is 91.1 Å². The summed E-state index contributed by atoms with van der Waals surface area (Å²) in [7, 11) is 0. The number of para-hydroxylation sites is 1. The molecule has 1 aromatic heterocycles. The molecule has 15 N–H and O–H groups in total. The van der Waals surface area contributed by atoms with Crippen LogP contribution in [0.25, 0.3) is 10.9 Å². The molecule has 7 amide bonds.